The topological polar surface area (TPSA) is 55.0 Å². The van der Waals surface area contributed by atoms with E-state index < -0.39 is 0 Å². The molecule has 0 bridgehead atoms. The Balaban J connectivity index is 1.33. The molecule has 0 saturated heterocycles. The number of benzene rings is 3. The van der Waals surface area contributed by atoms with Crippen LogP contribution < -0.4 is 4.74 Å². The first kappa shape index (κ1) is 22.2. The van der Waals surface area contributed by atoms with Gasteiger partial charge in [-0.15, -0.1) is 0 Å². The van der Waals surface area contributed by atoms with E-state index in [-0.39, 0.29) is 11.9 Å². The highest BCUT2D eigenvalue weighted by Gasteiger charge is 2.20. The van der Waals surface area contributed by atoms with Crippen molar-refractivity contribution in [2.45, 2.75) is 30.8 Å². The Hall–Kier alpha value is -3.57. The van der Waals surface area contributed by atoms with Crippen molar-refractivity contribution in [1.29, 1.82) is 0 Å². The van der Waals surface area contributed by atoms with Crippen molar-refractivity contribution in [3.05, 3.63) is 119 Å². The van der Waals surface area contributed by atoms with Crippen molar-refractivity contribution in [2.75, 3.05) is 5.75 Å². The monoisotopic (exact) mass is 466 g/mol. The van der Waals surface area contributed by atoms with Gasteiger partial charge in [0.1, 0.15) is 5.75 Å². The van der Waals surface area contributed by atoms with Crippen LogP contribution in [0.25, 0.3) is 6.08 Å². The van der Waals surface area contributed by atoms with Gasteiger partial charge in [-0.2, -0.15) is 0 Å². The molecule has 4 nitrogen and oxygen atoms in total. The summed E-state index contributed by atoms with van der Waals surface area (Å²) in [6.45, 7) is 1.44. The van der Waals surface area contributed by atoms with Crippen molar-refractivity contribution in [3.8, 4) is 5.75 Å². The van der Waals surface area contributed by atoms with Crippen LogP contribution in [0.15, 0.2) is 95.8 Å². The van der Waals surface area contributed by atoms with E-state index in [1.54, 1.807) is 11.8 Å². The molecule has 0 radical (unpaired) electrons. The Morgan fingerprint density at radius 1 is 0.971 bits per heavy atom. The van der Waals surface area contributed by atoms with E-state index in [0.717, 1.165) is 40.6 Å². The third-order valence-corrected chi connectivity index (χ3v) is 7.01. The molecule has 0 spiro atoms. The maximum atomic E-state index is 11.4. The summed E-state index contributed by atoms with van der Waals surface area (Å²) >= 11 is 1.72. The maximum Gasteiger partial charge on any atom is 0.308 e. The molecule has 0 amide bonds. The number of ether oxygens (including phenoxy) is 1. The lowest BCUT2D eigenvalue weighted by molar-refractivity contribution is -0.131. The molecule has 3 aromatic carbocycles. The fraction of sp³-hybridized carbons (Fsp3) is 0.172. The van der Waals surface area contributed by atoms with E-state index in [9.17, 15) is 4.79 Å². The molecule has 0 aliphatic heterocycles. The second kappa shape index (κ2) is 10.1. The number of H-pyrrole nitrogens is 1. The van der Waals surface area contributed by atoms with Crippen LogP contribution in [0.5, 0.6) is 5.75 Å². The molecule has 0 fully saturated rings. The lowest BCUT2D eigenvalue weighted by atomic mass is 9.89. The number of carbonyl (C=O) groups excluding carboxylic acids is 1. The van der Waals surface area contributed by atoms with Gasteiger partial charge in [0.25, 0.3) is 0 Å². The minimum atomic E-state index is -0.281. The Morgan fingerprint density at radius 2 is 1.68 bits per heavy atom. The van der Waals surface area contributed by atoms with Crippen molar-refractivity contribution >= 4 is 23.8 Å². The third-order valence-electron chi connectivity index (χ3n) is 6.01. The molecule has 1 aliphatic carbocycles. The normalized spacial score (nSPS) is 12.8. The van der Waals surface area contributed by atoms with Crippen LogP contribution in [0.4, 0.5) is 0 Å². The van der Waals surface area contributed by atoms with Gasteiger partial charge in [-0.1, -0.05) is 96.2 Å². The first-order valence-electron chi connectivity index (χ1n) is 11.4. The molecule has 170 valence electrons. The minimum Gasteiger partial charge on any atom is -0.426 e. The van der Waals surface area contributed by atoms with Crippen LogP contribution in [0.1, 0.15) is 47.2 Å². The van der Waals surface area contributed by atoms with Crippen LogP contribution in [-0.4, -0.2) is 21.7 Å². The zero-order chi connectivity index (χ0) is 23.3. The second-order valence-electron chi connectivity index (χ2n) is 8.39. The summed E-state index contributed by atoms with van der Waals surface area (Å²) in [6.07, 6.45) is 6.07. The van der Waals surface area contributed by atoms with Gasteiger partial charge >= 0.3 is 5.97 Å². The number of imidazole rings is 1. The fourth-order valence-electron chi connectivity index (χ4n) is 4.45. The Labute approximate surface area is 204 Å². The Kier molecular flexibility index (Phi) is 6.63. The zero-order valence-corrected chi connectivity index (χ0v) is 19.8. The average molecular weight is 467 g/mol. The van der Waals surface area contributed by atoms with E-state index in [0.29, 0.717) is 5.75 Å². The molecule has 1 N–H and O–H groups in total. The van der Waals surface area contributed by atoms with Crippen LogP contribution in [0.3, 0.4) is 0 Å². The van der Waals surface area contributed by atoms with Crippen LogP contribution in [0, 0.1) is 0 Å². The number of aromatic nitrogens is 2. The quantitative estimate of drug-likeness (QED) is 0.188. The lowest BCUT2D eigenvalue weighted by Crippen LogP contribution is -2.08. The van der Waals surface area contributed by atoms with Gasteiger partial charge in [-0.3, -0.25) is 4.79 Å². The van der Waals surface area contributed by atoms with E-state index in [1.807, 2.05) is 30.5 Å². The van der Waals surface area contributed by atoms with Crippen molar-refractivity contribution < 1.29 is 9.53 Å². The molecule has 5 heteroatoms. The summed E-state index contributed by atoms with van der Waals surface area (Å²) in [7, 11) is 0. The molecule has 0 atom stereocenters. The lowest BCUT2D eigenvalue weighted by Gasteiger charge is -2.18. The number of fused-ring (bicyclic) bond motifs is 1. The van der Waals surface area contributed by atoms with Gasteiger partial charge in [0, 0.05) is 24.4 Å². The highest BCUT2D eigenvalue weighted by atomic mass is 32.2. The van der Waals surface area contributed by atoms with Gasteiger partial charge in [-0.05, 0) is 35.6 Å². The van der Waals surface area contributed by atoms with Gasteiger partial charge in [0.05, 0.1) is 11.6 Å². The molecule has 0 saturated carbocycles. The zero-order valence-electron chi connectivity index (χ0n) is 19.0. The van der Waals surface area contributed by atoms with Gasteiger partial charge in [-0.25, -0.2) is 4.98 Å². The smallest absolute Gasteiger partial charge is 0.308 e. The molecule has 0 unspecified atom stereocenters. The average Bonchev–Trinajstić information content (AvgIpc) is 3.32. The Morgan fingerprint density at radius 3 is 2.35 bits per heavy atom. The van der Waals surface area contributed by atoms with Gasteiger partial charge in [0.2, 0.25) is 0 Å². The summed E-state index contributed by atoms with van der Waals surface area (Å²) in [5.41, 5.74) is 7.08. The summed E-state index contributed by atoms with van der Waals surface area (Å²) in [5, 5.41) is 0.923. The summed E-state index contributed by atoms with van der Waals surface area (Å²) in [5.74, 6) is 1.35. The Bertz CT molecular complexity index is 1270. The molecule has 1 aromatic heterocycles. The number of nitrogens with zero attached hydrogens (tertiary/aromatic N) is 1. The molecule has 1 aliphatic rings. The number of nitrogens with one attached hydrogen (secondary N) is 1. The molecule has 34 heavy (non-hydrogen) atoms. The highest BCUT2D eigenvalue weighted by molar-refractivity contribution is 7.99. The first-order valence-corrected chi connectivity index (χ1v) is 12.4. The molecule has 5 rings (SSSR count). The second-order valence-corrected chi connectivity index (χ2v) is 9.36. The molecular formula is C29H26N2O2S. The van der Waals surface area contributed by atoms with Crippen molar-refractivity contribution in [3.63, 3.8) is 0 Å². The first-order chi connectivity index (χ1) is 16.7. The third kappa shape index (κ3) is 5.00. The molecular weight excluding hydrogens is 440 g/mol. The summed E-state index contributed by atoms with van der Waals surface area (Å²) < 4.78 is 5.39. The van der Waals surface area contributed by atoms with Gasteiger partial charge < -0.3 is 9.72 Å². The van der Waals surface area contributed by atoms with Crippen LogP contribution in [0.2, 0.25) is 0 Å². The fourth-order valence-corrected chi connectivity index (χ4v) is 5.31. The van der Waals surface area contributed by atoms with E-state index >= 15 is 0 Å². The number of hydrogen-bond donors (Lipinski definition) is 1. The summed E-state index contributed by atoms with van der Waals surface area (Å²) in [4.78, 5) is 19.7. The number of rotatable bonds is 7. The van der Waals surface area contributed by atoms with E-state index in [2.05, 4.69) is 65.7 Å². The maximum absolute atomic E-state index is 11.4. The number of thioether (sulfide) groups is 1. The predicted octanol–water partition coefficient (Wildman–Crippen LogP) is 6.64. The van der Waals surface area contributed by atoms with Crippen LogP contribution >= 0.6 is 11.8 Å². The number of carbonyl (C=O) groups is 1. The van der Waals surface area contributed by atoms with Gasteiger partial charge in [0.15, 0.2) is 5.16 Å². The standard InChI is InChI=1S/C29H26N2O2S/c1-20(32)33-27-14-8-13-24-17-21(15-16-25(24)27)19-34-29-30-18-26(31-29)28(22-9-4-2-5-10-22)23-11-6-3-7-12-23/h2-14,17-18,28H,15-16,19H2,1H3,(H,30,31). The SMILES string of the molecule is CC(=O)Oc1cccc2c1CCC(CSc1nc(C(c3ccccc3)c3ccccc3)c[nH]1)=C2. The van der Waals surface area contributed by atoms with E-state index in [4.69, 9.17) is 9.72 Å². The number of hydrogen-bond acceptors (Lipinski definition) is 4. The largest absolute Gasteiger partial charge is 0.426 e. The molecule has 1 heterocycles. The number of esters is 1. The van der Waals surface area contributed by atoms with E-state index in [1.165, 1.54) is 23.6 Å². The predicted molar refractivity (Wildman–Crippen MR) is 137 cm³/mol. The number of aromatic amines is 1. The summed E-state index contributed by atoms with van der Waals surface area (Å²) in [6, 6.07) is 26.9. The minimum absolute atomic E-state index is 0.0912. The highest BCUT2D eigenvalue weighted by Crippen LogP contribution is 2.35. The molecule has 4 aromatic rings. The van der Waals surface area contributed by atoms with Crippen molar-refractivity contribution in [2.24, 2.45) is 0 Å². The van der Waals surface area contributed by atoms with Crippen molar-refractivity contribution in [1.82, 2.24) is 9.97 Å². The van der Waals surface area contributed by atoms with Crippen LogP contribution in [-0.2, 0) is 11.2 Å².